The quantitative estimate of drug-likeness (QED) is 0.204. The zero-order valence-electron chi connectivity index (χ0n) is 26.4. The molecule has 46 heavy (non-hydrogen) atoms. The predicted octanol–water partition coefficient (Wildman–Crippen LogP) is 8.71. The topological polar surface area (TPSA) is 73.7 Å². The Morgan fingerprint density at radius 1 is 0.826 bits per heavy atom. The summed E-state index contributed by atoms with van der Waals surface area (Å²) in [5, 5.41) is 15.0. The fourth-order valence-electron chi connectivity index (χ4n) is 7.24. The van der Waals surface area contributed by atoms with Gasteiger partial charge in [-0.15, -0.1) is 0 Å². The smallest absolute Gasteiger partial charge is 0.335 e. The van der Waals surface area contributed by atoms with Gasteiger partial charge in [0.15, 0.2) is 0 Å². The number of carbonyl (C=O) groups is 2. The number of aromatic nitrogens is 1. The molecule has 2 aliphatic rings. The summed E-state index contributed by atoms with van der Waals surface area (Å²) >= 11 is 0. The van der Waals surface area contributed by atoms with Gasteiger partial charge in [-0.3, -0.25) is 9.88 Å². The maximum Gasteiger partial charge on any atom is 0.335 e. The van der Waals surface area contributed by atoms with E-state index in [9.17, 15) is 9.59 Å². The van der Waals surface area contributed by atoms with E-state index in [0.29, 0.717) is 11.5 Å². The van der Waals surface area contributed by atoms with Crippen molar-refractivity contribution < 1.29 is 14.7 Å². The van der Waals surface area contributed by atoms with Crippen molar-refractivity contribution in [1.29, 1.82) is 0 Å². The number of anilines is 1. The van der Waals surface area contributed by atoms with Crippen LogP contribution in [0.4, 0.5) is 10.5 Å². The van der Waals surface area contributed by atoms with Crippen LogP contribution >= 0.6 is 0 Å². The number of benzene rings is 5. The van der Waals surface area contributed by atoms with Gasteiger partial charge in [0.05, 0.1) is 11.1 Å². The Labute approximate surface area is 268 Å². The van der Waals surface area contributed by atoms with Crippen LogP contribution in [0.3, 0.4) is 0 Å². The van der Waals surface area contributed by atoms with Gasteiger partial charge in [-0.2, -0.15) is 0 Å². The largest absolute Gasteiger partial charge is 0.478 e. The maximum atomic E-state index is 12.6. The first-order valence-electron chi connectivity index (χ1n) is 15.8. The van der Waals surface area contributed by atoms with E-state index in [1.54, 1.807) is 35.4 Å². The van der Waals surface area contributed by atoms with Crippen LogP contribution in [0.15, 0.2) is 109 Å². The molecule has 2 amide bonds. The number of hydrogen-bond donors (Lipinski definition) is 1. The van der Waals surface area contributed by atoms with E-state index in [1.165, 1.54) is 38.2 Å². The molecule has 6 nitrogen and oxygen atoms in total. The third-order valence-corrected chi connectivity index (χ3v) is 9.79. The highest BCUT2D eigenvalue weighted by Crippen LogP contribution is 2.48. The summed E-state index contributed by atoms with van der Waals surface area (Å²) in [6.45, 7) is 6.35. The molecule has 1 N–H and O–H groups in total. The molecule has 1 aromatic heterocycles. The number of carboxylic acids is 1. The third-order valence-electron chi connectivity index (χ3n) is 9.79. The van der Waals surface area contributed by atoms with Gasteiger partial charge in [0.25, 0.3) is 0 Å². The molecule has 0 saturated carbocycles. The van der Waals surface area contributed by atoms with Crippen LogP contribution in [0, 0.1) is 5.41 Å². The van der Waals surface area contributed by atoms with Crippen molar-refractivity contribution in [2.75, 3.05) is 25.0 Å². The van der Waals surface area contributed by atoms with E-state index in [-0.39, 0.29) is 11.4 Å². The molecule has 1 aliphatic heterocycles. The minimum absolute atomic E-state index is 0.0964. The molecule has 6 heteroatoms. The summed E-state index contributed by atoms with van der Waals surface area (Å²) in [6.07, 6.45) is 3.77. The minimum Gasteiger partial charge on any atom is -0.478 e. The first-order chi connectivity index (χ1) is 22.2. The Hall–Kier alpha value is -5.23. The van der Waals surface area contributed by atoms with Crippen molar-refractivity contribution in [2.24, 2.45) is 5.41 Å². The molecule has 0 bridgehead atoms. The van der Waals surface area contributed by atoms with Crippen LogP contribution < -0.4 is 4.90 Å². The highest BCUT2D eigenvalue weighted by molar-refractivity contribution is 6.08. The van der Waals surface area contributed by atoms with Crippen molar-refractivity contribution >= 4 is 50.1 Å². The average molecular weight is 608 g/mol. The zero-order chi connectivity index (χ0) is 32.0. The van der Waals surface area contributed by atoms with Crippen LogP contribution in [0.25, 0.3) is 32.4 Å². The third kappa shape index (κ3) is 5.34. The SMILES string of the molecule is CN1CCN(c2cccc(C3Cc4ccc5c(ccc6ccccc65)c4CC3(C)C)c2)C1=O.O=C(O)c1ccc2ncccc2c1. The van der Waals surface area contributed by atoms with Crippen molar-refractivity contribution in [3.8, 4) is 0 Å². The molecule has 1 saturated heterocycles. The molecule has 1 fully saturated rings. The van der Waals surface area contributed by atoms with Gasteiger partial charge in [-0.05, 0) is 98.8 Å². The second-order valence-corrected chi connectivity index (χ2v) is 13.2. The normalized spacial score (nSPS) is 17.2. The molecular weight excluding hydrogens is 570 g/mol. The summed E-state index contributed by atoms with van der Waals surface area (Å²) in [5.41, 5.74) is 6.55. The van der Waals surface area contributed by atoms with Gasteiger partial charge in [0.2, 0.25) is 0 Å². The zero-order valence-corrected chi connectivity index (χ0v) is 26.4. The van der Waals surface area contributed by atoms with E-state index in [1.807, 2.05) is 18.0 Å². The number of carboxylic acid groups (broad SMARTS) is 1. The molecule has 6 aromatic rings. The summed E-state index contributed by atoms with van der Waals surface area (Å²) in [7, 11) is 1.88. The van der Waals surface area contributed by atoms with Crippen molar-refractivity contribution in [2.45, 2.75) is 32.6 Å². The fourth-order valence-corrected chi connectivity index (χ4v) is 7.24. The molecule has 230 valence electrons. The number of urea groups is 1. The van der Waals surface area contributed by atoms with Gasteiger partial charge in [0.1, 0.15) is 0 Å². The lowest BCUT2D eigenvalue weighted by Gasteiger charge is -2.41. The number of fused-ring (bicyclic) bond motifs is 6. The Morgan fingerprint density at radius 2 is 1.63 bits per heavy atom. The molecule has 8 rings (SSSR count). The summed E-state index contributed by atoms with van der Waals surface area (Å²) in [4.78, 5) is 31.0. The van der Waals surface area contributed by atoms with Crippen molar-refractivity contribution in [3.05, 3.63) is 132 Å². The number of hydrogen-bond acceptors (Lipinski definition) is 3. The number of rotatable bonds is 3. The number of carbonyl (C=O) groups excluding carboxylic acids is 1. The van der Waals surface area contributed by atoms with Crippen LogP contribution in [-0.4, -0.2) is 47.1 Å². The van der Waals surface area contributed by atoms with Gasteiger partial charge < -0.3 is 10.0 Å². The molecule has 1 atom stereocenters. The van der Waals surface area contributed by atoms with E-state index in [4.69, 9.17) is 5.11 Å². The Kier molecular flexibility index (Phi) is 7.44. The first-order valence-corrected chi connectivity index (χ1v) is 15.8. The lowest BCUT2D eigenvalue weighted by Crippen LogP contribution is -2.32. The Bertz CT molecular complexity index is 2140. The molecular formula is C40H37N3O3. The van der Waals surface area contributed by atoms with Crippen molar-refractivity contribution in [1.82, 2.24) is 9.88 Å². The fraction of sp³-hybridized carbons (Fsp3) is 0.225. The summed E-state index contributed by atoms with van der Waals surface area (Å²) in [5.74, 6) is -0.496. The molecule has 0 radical (unpaired) electrons. The Morgan fingerprint density at radius 3 is 2.43 bits per heavy atom. The highest BCUT2D eigenvalue weighted by atomic mass is 16.4. The maximum absolute atomic E-state index is 12.6. The highest BCUT2D eigenvalue weighted by Gasteiger charge is 2.37. The van der Waals surface area contributed by atoms with Crippen LogP contribution in [0.2, 0.25) is 0 Å². The van der Waals surface area contributed by atoms with Gasteiger partial charge >= 0.3 is 12.0 Å². The van der Waals surface area contributed by atoms with Crippen LogP contribution in [0.5, 0.6) is 0 Å². The van der Waals surface area contributed by atoms with E-state index in [2.05, 4.69) is 91.6 Å². The predicted molar refractivity (Wildman–Crippen MR) is 186 cm³/mol. The number of nitrogens with zero attached hydrogens (tertiary/aromatic N) is 3. The van der Waals surface area contributed by atoms with Gasteiger partial charge in [-0.25, -0.2) is 9.59 Å². The van der Waals surface area contributed by atoms with E-state index in [0.717, 1.165) is 42.5 Å². The minimum atomic E-state index is -0.911. The molecule has 1 unspecified atom stereocenters. The molecule has 2 heterocycles. The number of likely N-dealkylation sites (N-methyl/N-ethyl adjacent to an activating group) is 1. The summed E-state index contributed by atoms with van der Waals surface area (Å²) < 4.78 is 0. The lowest BCUT2D eigenvalue weighted by atomic mass is 9.63. The van der Waals surface area contributed by atoms with Crippen LogP contribution in [0.1, 0.15) is 46.8 Å². The van der Waals surface area contributed by atoms with Gasteiger partial charge in [0, 0.05) is 37.4 Å². The second-order valence-electron chi connectivity index (χ2n) is 13.2. The van der Waals surface area contributed by atoms with Crippen LogP contribution in [-0.2, 0) is 12.8 Å². The average Bonchev–Trinajstić information content (AvgIpc) is 3.41. The van der Waals surface area contributed by atoms with E-state index < -0.39 is 5.97 Å². The standard InChI is InChI=1S/C30H30N2O.C10H7NO2/c1-30(2)19-27-21(12-14-25-24-10-5-4-7-20(24)11-13-26(25)27)18-28(30)22-8-6-9-23(17-22)32-16-15-31(3)29(32)33;12-10(13)8-3-4-9-7(6-8)2-1-5-11-9/h4-14,17,28H,15-16,18-19H2,1-3H3;1-6H,(H,12,13). The number of amides is 2. The van der Waals surface area contributed by atoms with Crippen molar-refractivity contribution in [3.63, 3.8) is 0 Å². The first kappa shape index (κ1) is 29.5. The monoisotopic (exact) mass is 607 g/mol. The second kappa shape index (κ2) is 11.6. The summed E-state index contributed by atoms with van der Waals surface area (Å²) in [6, 6.07) is 35.2. The van der Waals surface area contributed by atoms with Gasteiger partial charge in [-0.1, -0.05) is 80.6 Å². The van der Waals surface area contributed by atoms with E-state index >= 15 is 0 Å². The molecule has 5 aromatic carbocycles. The molecule has 0 spiro atoms. The Balaban J connectivity index is 0.000000218. The lowest BCUT2D eigenvalue weighted by molar-refractivity contribution is 0.0697. The number of pyridine rings is 1. The molecule has 1 aliphatic carbocycles. The number of aromatic carboxylic acids is 1.